The van der Waals surface area contributed by atoms with Gasteiger partial charge < -0.3 is 15.4 Å². The summed E-state index contributed by atoms with van der Waals surface area (Å²) in [6, 6.07) is 0.183. The van der Waals surface area contributed by atoms with Crippen LogP contribution in [0.15, 0.2) is 0 Å². The van der Waals surface area contributed by atoms with Gasteiger partial charge in [-0.2, -0.15) is 0 Å². The van der Waals surface area contributed by atoms with Gasteiger partial charge in [0.05, 0.1) is 12.0 Å². The van der Waals surface area contributed by atoms with Gasteiger partial charge in [0.1, 0.15) is 0 Å². The summed E-state index contributed by atoms with van der Waals surface area (Å²) in [6.45, 7) is 6.61. The van der Waals surface area contributed by atoms with Crippen molar-refractivity contribution in [1.29, 1.82) is 0 Å². The van der Waals surface area contributed by atoms with Gasteiger partial charge >= 0.3 is 0 Å². The Labute approximate surface area is 110 Å². The number of ether oxygens (including phenoxy) is 1. The van der Waals surface area contributed by atoms with Crippen molar-refractivity contribution < 1.29 is 9.53 Å². The Bertz CT molecular complexity index is 294. The molecule has 0 aliphatic carbocycles. The van der Waals surface area contributed by atoms with Crippen molar-refractivity contribution >= 4 is 5.91 Å². The Morgan fingerprint density at radius 2 is 2.28 bits per heavy atom. The lowest BCUT2D eigenvalue weighted by Gasteiger charge is -2.36. The molecule has 104 valence electrons. The Balaban J connectivity index is 1.96. The first kappa shape index (κ1) is 13.8. The van der Waals surface area contributed by atoms with Crippen molar-refractivity contribution in [2.75, 3.05) is 19.7 Å². The maximum atomic E-state index is 12.5. The molecule has 2 aliphatic heterocycles. The normalized spacial score (nSPS) is 34.6. The fourth-order valence-electron chi connectivity index (χ4n) is 3.21. The van der Waals surface area contributed by atoms with Crippen molar-refractivity contribution in [2.45, 2.75) is 51.7 Å². The quantitative estimate of drug-likeness (QED) is 0.828. The molecule has 2 rings (SSSR count). The van der Waals surface area contributed by atoms with Gasteiger partial charge in [0, 0.05) is 25.7 Å². The smallest absolute Gasteiger partial charge is 0.228 e. The van der Waals surface area contributed by atoms with Crippen molar-refractivity contribution in [3.05, 3.63) is 0 Å². The third-order valence-electron chi connectivity index (χ3n) is 4.44. The monoisotopic (exact) mass is 254 g/mol. The molecule has 0 bridgehead atoms. The molecule has 0 aromatic rings. The molecular formula is C14H26N2O2. The second-order valence-electron chi connectivity index (χ2n) is 5.76. The van der Waals surface area contributed by atoms with Gasteiger partial charge in [0.25, 0.3) is 0 Å². The van der Waals surface area contributed by atoms with Gasteiger partial charge in [-0.25, -0.2) is 0 Å². The summed E-state index contributed by atoms with van der Waals surface area (Å²) in [5, 5.41) is 0. The summed E-state index contributed by atoms with van der Waals surface area (Å²) in [6.07, 6.45) is 4.19. The lowest BCUT2D eigenvalue weighted by molar-refractivity contribution is -0.139. The molecule has 4 unspecified atom stereocenters. The van der Waals surface area contributed by atoms with E-state index in [1.165, 1.54) is 0 Å². The van der Waals surface area contributed by atoms with Gasteiger partial charge in [-0.05, 0) is 38.5 Å². The zero-order chi connectivity index (χ0) is 13.1. The maximum Gasteiger partial charge on any atom is 0.228 e. The molecule has 4 nitrogen and oxygen atoms in total. The minimum atomic E-state index is 0.0850. The molecule has 2 aliphatic rings. The van der Waals surface area contributed by atoms with E-state index in [2.05, 4.69) is 6.92 Å². The van der Waals surface area contributed by atoms with Gasteiger partial charge in [-0.3, -0.25) is 4.79 Å². The Morgan fingerprint density at radius 3 is 2.94 bits per heavy atom. The number of likely N-dealkylation sites (tertiary alicyclic amines) is 1. The first-order valence-electron chi connectivity index (χ1n) is 7.29. The van der Waals surface area contributed by atoms with Gasteiger partial charge in [0.2, 0.25) is 5.91 Å². The second-order valence-corrected chi connectivity index (χ2v) is 5.76. The van der Waals surface area contributed by atoms with E-state index in [-0.39, 0.29) is 18.1 Å². The number of carbonyl (C=O) groups excluding carboxylic acids is 1. The Kier molecular flexibility index (Phi) is 4.62. The van der Waals surface area contributed by atoms with E-state index in [1.54, 1.807) is 0 Å². The fourth-order valence-corrected chi connectivity index (χ4v) is 3.21. The third-order valence-corrected chi connectivity index (χ3v) is 4.44. The number of piperidine rings is 1. The predicted octanol–water partition coefficient (Wildman–Crippen LogP) is 1.39. The number of hydrogen-bond acceptors (Lipinski definition) is 3. The number of nitrogens with two attached hydrogens (primary N) is 1. The average molecular weight is 254 g/mol. The number of hydrogen-bond donors (Lipinski definition) is 1. The highest BCUT2D eigenvalue weighted by Crippen LogP contribution is 2.28. The summed E-state index contributed by atoms with van der Waals surface area (Å²) in [5.41, 5.74) is 5.97. The SMILES string of the molecule is CCC1OCCC1C(=O)N1CCCC(C(C)N)C1. The standard InChI is InChI=1S/C14H26N2O2/c1-3-13-12(6-8-18-13)14(17)16-7-4-5-11(9-16)10(2)15/h10-13H,3-9,15H2,1-2H3. The average Bonchev–Trinajstić information content (AvgIpc) is 2.86. The van der Waals surface area contributed by atoms with Crippen LogP contribution in [0.25, 0.3) is 0 Å². The highest BCUT2D eigenvalue weighted by Gasteiger charge is 2.37. The molecule has 0 spiro atoms. The molecule has 4 heteroatoms. The van der Waals surface area contributed by atoms with E-state index >= 15 is 0 Å². The van der Waals surface area contributed by atoms with Gasteiger partial charge in [-0.15, -0.1) is 0 Å². The minimum absolute atomic E-state index is 0.0850. The summed E-state index contributed by atoms with van der Waals surface area (Å²) in [4.78, 5) is 14.6. The first-order valence-corrected chi connectivity index (χ1v) is 7.29. The molecule has 4 atom stereocenters. The molecule has 0 aromatic heterocycles. The second kappa shape index (κ2) is 6.02. The Hall–Kier alpha value is -0.610. The van der Waals surface area contributed by atoms with Crippen LogP contribution in [0.4, 0.5) is 0 Å². The molecule has 0 radical (unpaired) electrons. The van der Waals surface area contributed by atoms with Crippen LogP contribution in [-0.4, -0.2) is 42.6 Å². The number of amides is 1. The largest absolute Gasteiger partial charge is 0.377 e. The molecular weight excluding hydrogens is 228 g/mol. The number of carbonyl (C=O) groups is 1. The lowest BCUT2D eigenvalue weighted by atomic mass is 9.90. The summed E-state index contributed by atoms with van der Waals surface area (Å²) in [5.74, 6) is 0.844. The van der Waals surface area contributed by atoms with Crippen molar-refractivity contribution in [3.8, 4) is 0 Å². The van der Waals surface area contributed by atoms with E-state index in [9.17, 15) is 4.79 Å². The number of nitrogens with zero attached hydrogens (tertiary/aromatic N) is 1. The van der Waals surface area contributed by atoms with Crippen LogP contribution in [-0.2, 0) is 9.53 Å². The van der Waals surface area contributed by atoms with E-state index in [0.717, 1.165) is 45.4 Å². The van der Waals surface area contributed by atoms with Gasteiger partial charge in [0.15, 0.2) is 0 Å². The van der Waals surface area contributed by atoms with Crippen LogP contribution in [0.2, 0.25) is 0 Å². The van der Waals surface area contributed by atoms with Crippen LogP contribution in [0.3, 0.4) is 0 Å². The van der Waals surface area contributed by atoms with Crippen molar-refractivity contribution in [3.63, 3.8) is 0 Å². The minimum Gasteiger partial charge on any atom is -0.377 e. The zero-order valence-electron chi connectivity index (χ0n) is 11.6. The molecule has 2 fully saturated rings. The van der Waals surface area contributed by atoms with Crippen molar-refractivity contribution in [2.24, 2.45) is 17.6 Å². The topological polar surface area (TPSA) is 55.6 Å². The lowest BCUT2D eigenvalue weighted by Crippen LogP contribution is -2.48. The predicted molar refractivity (Wildman–Crippen MR) is 71.1 cm³/mol. The molecule has 0 saturated carbocycles. The maximum absolute atomic E-state index is 12.5. The zero-order valence-corrected chi connectivity index (χ0v) is 11.6. The first-order chi connectivity index (χ1) is 8.63. The summed E-state index contributed by atoms with van der Waals surface area (Å²) >= 11 is 0. The van der Waals surface area contributed by atoms with Crippen LogP contribution >= 0.6 is 0 Å². The van der Waals surface area contributed by atoms with E-state index in [4.69, 9.17) is 10.5 Å². The van der Waals surface area contributed by atoms with Crippen LogP contribution in [0.1, 0.15) is 39.5 Å². The molecule has 1 amide bonds. The van der Waals surface area contributed by atoms with E-state index in [1.807, 2.05) is 11.8 Å². The molecule has 2 saturated heterocycles. The van der Waals surface area contributed by atoms with Crippen molar-refractivity contribution in [1.82, 2.24) is 4.90 Å². The summed E-state index contributed by atoms with van der Waals surface area (Å²) < 4.78 is 5.63. The van der Waals surface area contributed by atoms with Crippen LogP contribution in [0, 0.1) is 11.8 Å². The molecule has 18 heavy (non-hydrogen) atoms. The van der Waals surface area contributed by atoms with E-state index < -0.39 is 0 Å². The number of rotatable bonds is 3. The highest BCUT2D eigenvalue weighted by atomic mass is 16.5. The fraction of sp³-hybridized carbons (Fsp3) is 0.929. The summed E-state index contributed by atoms with van der Waals surface area (Å²) in [7, 11) is 0. The molecule has 2 N–H and O–H groups in total. The molecule has 2 heterocycles. The van der Waals surface area contributed by atoms with Crippen LogP contribution in [0.5, 0.6) is 0 Å². The highest BCUT2D eigenvalue weighted by molar-refractivity contribution is 5.79. The third kappa shape index (κ3) is 2.86. The van der Waals surface area contributed by atoms with E-state index in [0.29, 0.717) is 11.8 Å². The van der Waals surface area contributed by atoms with Gasteiger partial charge in [-0.1, -0.05) is 6.92 Å². The molecule has 0 aromatic carbocycles. The van der Waals surface area contributed by atoms with Crippen LogP contribution < -0.4 is 5.73 Å². The Morgan fingerprint density at radius 1 is 1.50 bits per heavy atom.